The summed E-state index contributed by atoms with van der Waals surface area (Å²) in [5, 5.41) is 0. The van der Waals surface area contributed by atoms with Crippen molar-refractivity contribution in [1.29, 1.82) is 0 Å². The van der Waals surface area contributed by atoms with Gasteiger partial charge >= 0.3 is 0 Å². The Balaban J connectivity index is 1.99. The van der Waals surface area contributed by atoms with Crippen LogP contribution in [0.25, 0.3) is 0 Å². The first-order valence-corrected chi connectivity index (χ1v) is 7.83. The Bertz CT molecular complexity index is 627. The van der Waals surface area contributed by atoms with Crippen molar-refractivity contribution in [3.8, 4) is 11.5 Å². The smallest absolute Gasteiger partial charge is 0.169 e. The van der Waals surface area contributed by atoms with Crippen molar-refractivity contribution >= 4 is 31.9 Å². The molecule has 1 aliphatic rings. The molecule has 20 heavy (non-hydrogen) atoms. The zero-order valence-corrected chi connectivity index (χ0v) is 13.7. The highest BCUT2D eigenvalue weighted by atomic mass is 79.9. The third-order valence-corrected chi connectivity index (χ3v) is 4.22. The first-order chi connectivity index (χ1) is 9.65. The van der Waals surface area contributed by atoms with Gasteiger partial charge in [-0.2, -0.15) is 0 Å². The van der Waals surface area contributed by atoms with E-state index in [1.165, 1.54) is 0 Å². The van der Waals surface area contributed by atoms with Crippen LogP contribution in [0, 0.1) is 0 Å². The van der Waals surface area contributed by atoms with Gasteiger partial charge in [-0.25, -0.2) is 0 Å². The lowest BCUT2D eigenvalue weighted by Crippen LogP contribution is -2.12. The minimum Gasteiger partial charge on any atom is -0.490 e. The average Bonchev–Trinajstić information content (AvgIpc) is 2.73. The van der Waals surface area contributed by atoms with E-state index in [-0.39, 0.29) is 6.04 Å². The zero-order valence-electron chi connectivity index (χ0n) is 10.6. The Morgan fingerprint density at radius 1 is 1.05 bits per heavy atom. The fourth-order valence-corrected chi connectivity index (χ4v) is 2.97. The molecule has 0 aliphatic carbocycles. The van der Waals surface area contributed by atoms with E-state index in [1.54, 1.807) is 0 Å². The van der Waals surface area contributed by atoms with Crippen LogP contribution >= 0.6 is 31.9 Å². The molecule has 0 amide bonds. The summed E-state index contributed by atoms with van der Waals surface area (Å²) in [5.74, 6) is 2.15. The minimum atomic E-state index is -0.368. The molecule has 0 spiro atoms. The molecular weight excluding hydrogens is 390 g/mol. The highest BCUT2D eigenvalue weighted by Crippen LogP contribution is 2.38. The van der Waals surface area contributed by atoms with E-state index >= 15 is 0 Å². The van der Waals surface area contributed by atoms with Crippen LogP contribution in [-0.4, -0.2) is 13.2 Å². The summed E-state index contributed by atoms with van der Waals surface area (Å²) in [4.78, 5) is 0. The molecule has 1 unspecified atom stereocenters. The first kappa shape index (κ1) is 14.0. The topological polar surface area (TPSA) is 57.6 Å². The Morgan fingerprint density at radius 3 is 2.40 bits per heavy atom. The molecule has 0 saturated heterocycles. The van der Waals surface area contributed by atoms with Crippen LogP contribution in [0.4, 0.5) is 0 Å². The normalized spacial score (nSPS) is 15.8. The van der Waals surface area contributed by atoms with Gasteiger partial charge in [0.2, 0.25) is 0 Å². The highest BCUT2D eigenvalue weighted by molar-refractivity contribution is 9.10. The summed E-state index contributed by atoms with van der Waals surface area (Å²) in [6, 6.07) is 7.11. The van der Waals surface area contributed by atoms with Crippen LogP contribution in [0.2, 0.25) is 0 Å². The average molecular weight is 403 g/mol. The number of hydrogen-bond acceptors (Lipinski definition) is 4. The van der Waals surface area contributed by atoms with Gasteiger partial charge in [-0.1, -0.05) is 15.9 Å². The predicted molar refractivity (Wildman–Crippen MR) is 82.2 cm³/mol. The SMILES string of the molecule is NC(c1ccc(Br)o1)c1cc2c(cc1Br)OCCCO2. The van der Waals surface area contributed by atoms with Crippen LogP contribution in [0.5, 0.6) is 11.5 Å². The number of benzene rings is 1. The molecule has 1 aromatic heterocycles. The molecule has 0 radical (unpaired) electrons. The van der Waals surface area contributed by atoms with Crippen molar-refractivity contribution in [2.24, 2.45) is 5.73 Å². The van der Waals surface area contributed by atoms with Crippen molar-refractivity contribution in [3.63, 3.8) is 0 Å². The fraction of sp³-hybridized carbons (Fsp3) is 0.286. The van der Waals surface area contributed by atoms with Gasteiger partial charge in [0.15, 0.2) is 16.2 Å². The van der Waals surface area contributed by atoms with Crippen molar-refractivity contribution in [3.05, 3.63) is 44.7 Å². The number of ether oxygens (including phenoxy) is 2. The molecular formula is C14H13Br2NO3. The molecule has 0 saturated carbocycles. The summed E-state index contributed by atoms with van der Waals surface area (Å²) in [7, 11) is 0. The van der Waals surface area contributed by atoms with Crippen molar-refractivity contribution in [2.75, 3.05) is 13.2 Å². The van der Waals surface area contributed by atoms with Crippen LogP contribution in [0.1, 0.15) is 23.8 Å². The number of furan rings is 1. The second-order valence-corrected chi connectivity index (χ2v) is 6.13. The van der Waals surface area contributed by atoms with E-state index in [4.69, 9.17) is 19.6 Å². The molecule has 2 heterocycles. The number of rotatable bonds is 2. The Labute approximate surface area is 133 Å². The number of halogens is 2. The van der Waals surface area contributed by atoms with Gasteiger partial charge in [-0.3, -0.25) is 0 Å². The molecule has 6 heteroatoms. The van der Waals surface area contributed by atoms with Crippen LogP contribution in [0.3, 0.4) is 0 Å². The summed E-state index contributed by atoms with van der Waals surface area (Å²) >= 11 is 6.82. The van der Waals surface area contributed by atoms with Crippen LogP contribution in [-0.2, 0) is 0 Å². The van der Waals surface area contributed by atoms with E-state index in [0.29, 0.717) is 23.6 Å². The maximum atomic E-state index is 6.26. The van der Waals surface area contributed by atoms with Gasteiger partial charge in [0, 0.05) is 10.9 Å². The molecule has 106 valence electrons. The van der Waals surface area contributed by atoms with E-state index in [9.17, 15) is 0 Å². The summed E-state index contributed by atoms with van der Waals surface area (Å²) < 4.78 is 18.4. The highest BCUT2D eigenvalue weighted by Gasteiger charge is 2.20. The summed E-state index contributed by atoms with van der Waals surface area (Å²) in [6.45, 7) is 1.31. The van der Waals surface area contributed by atoms with Gasteiger partial charge in [-0.15, -0.1) is 0 Å². The number of fused-ring (bicyclic) bond motifs is 1. The van der Waals surface area contributed by atoms with E-state index in [0.717, 1.165) is 28.0 Å². The second kappa shape index (κ2) is 5.79. The van der Waals surface area contributed by atoms with Gasteiger partial charge in [0.25, 0.3) is 0 Å². The van der Waals surface area contributed by atoms with E-state index in [1.807, 2.05) is 24.3 Å². The standard InChI is InChI=1S/C14H13Br2NO3/c15-9-7-12-11(18-4-1-5-19-12)6-8(9)14(17)10-2-3-13(16)20-10/h2-3,6-7,14H,1,4-5,17H2. The second-order valence-electron chi connectivity index (χ2n) is 4.49. The number of nitrogens with two attached hydrogens (primary N) is 1. The maximum absolute atomic E-state index is 6.26. The van der Waals surface area contributed by atoms with Gasteiger partial charge in [-0.05, 0) is 45.8 Å². The van der Waals surface area contributed by atoms with Gasteiger partial charge in [0.1, 0.15) is 5.76 Å². The molecule has 1 atom stereocenters. The molecule has 0 fully saturated rings. The van der Waals surface area contributed by atoms with Gasteiger partial charge in [0.05, 0.1) is 19.3 Å². The van der Waals surface area contributed by atoms with E-state index < -0.39 is 0 Å². The monoisotopic (exact) mass is 401 g/mol. The number of hydrogen-bond donors (Lipinski definition) is 1. The Morgan fingerprint density at radius 2 is 1.75 bits per heavy atom. The molecule has 2 aromatic rings. The van der Waals surface area contributed by atoms with Crippen molar-refractivity contribution in [2.45, 2.75) is 12.5 Å². The lowest BCUT2D eigenvalue weighted by atomic mass is 10.0. The first-order valence-electron chi connectivity index (χ1n) is 6.25. The van der Waals surface area contributed by atoms with Crippen LogP contribution < -0.4 is 15.2 Å². The van der Waals surface area contributed by atoms with Crippen molar-refractivity contribution in [1.82, 2.24) is 0 Å². The largest absolute Gasteiger partial charge is 0.490 e. The third-order valence-electron chi connectivity index (χ3n) is 3.10. The Kier molecular flexibility index (Phi) is 4.05. The molecule has 2 N–H and O–H groups in total. The van der Waals surface area contributed by atoms with Crippen LogP contribution in [0.15, 0.2) is 37.8 Å². The molecule has 0 bridgehead atoms. The molecule has 1 aromatic carbocycles. The quantitative estimate of drug-likeness (QED) is 0.824. The van der Waals surface area contributed by atoms with E-state index in [2.05, 4.69) is 31.9 Å². The predicted octanol–water partition coefficient (Wildman–Crippen LogP) is 4.01. The Hall–Kier alpha value is -0.980. The third kappa shape index (κ3) is 2.73. The van der Waals surface area contributed by atoms with Crippen molar-refractivity contribution < 1.29 is 13.9 Å². The lowest BCUT2D eigenvalue weighted by molar-refractivity contribution is 0.297. The molecule has 4 nitrogen and oxygen atoms in total. The summed E-state index contributed by atoms with van der Waals surface area (Å²) in [6.07, 6.45) is 0.874. The lowest BCUT2D eigenvalue weighted by Gasteiger charge is -2.15. The fourth-order valence-electron chi connectivity index (χ4n) is 2.09. The summed E-state index contributed by atoms with van der Waals surface area (Å²) in [5.41, 5.74) is 7.16. The van der Waals surface area contributed by atoms with Gasteiger partial charge < -0.3 is 19.6 Å². The maximum Gasteiger partial charge on any atom is 0.169 e. The minimum absolute atomic E-state index is 0.368. The zero-order chi connectivity index (χ0) is 14.1. The molecule has 3 rings (SSSR count). The molecule has 1 aliphatic heterocycles.